The van der Waals surface area contributed by atoms with Crippen molar-refractivity contribution in [1.82, 2.24) is 0 Å². The van der Waals surface area contributed by atoms with Crippen molar-refractivity contribution in [1.29, 1.82) is 0 Å². The molecule has 112 valence electrons. The Morgan fingerprint density at radius 2 is 1.73 bits per heavy atom. The summed E-state index contributed by atoms with van der Waals surface area (Å²) in [6, 6.07) is 10.6. The highest BCUT2D eigenvalue weighted by atomic mass is 19.1. The number of benzene rings is 2. The molecule has 0 heterocycles. The zero-order valence-corrected chi connectivity index (χ0v) is 11.3. The first kappa shape index (κ1) is 15.3. The predicted octanol–water partition coefficient (Wildman–Crippen LogP) is 2.95. The molecule has 0 radical (unpaired) electrons. The van der Waals surface area contributed by atoms with Crippen molar-refractivity contribution < 1.29 is 18.9 Å². The van der Waals surface area contributed by atoms with Gasteiger partial charge in [-0.2, -0.15) is 0 Å². The second kappa shape index (κ2) is 6.57. The molecule has 0 aliphatic carbocycles. The first-order chi connectivity index (χ1) is 10.5. The number of amides is 1. The van der Waals surface area contributed by atoms with Gasteiger partial charge < -0.3 is 5.32 Å². The first-order valence-corrected chi connectivity index (χ1v) is 6.29. The van der Waals surface area contributed by atoms with E-state index in [0.29, 0.717) is 5.69 Å². The molecule has 7 heteroatoms. The number of nitro benzene ring substituents is 1. The van der Waals surface area contributed by atoms with Gasteiger partial charge in [0, 0.05) is 17.8 Å². The molecule has 0 saturated carbocycles. The molecule has 0 unspecified atom stereocenters. The van der Waals surface area contributed by atoms with Crippen molar-refractivity contribution in [3.05, 3.63) is 70.0 Å². The normalized spacial score (nSPS) is 10.0. The van der Waals surface area contributed by atoms with E-state index >= 15 is 0 Å². The minimum Gasteiger partial charge on any atom is -0.326 e. The van der Waals surface area contributed by atoms with Crippen LogP contribution in [0.3, 0.4) is 0 Å². The summed E-state index contributed by atoms with van der Waals surface area (Å²) < 4.78 is 13.4. The van der Waals surface area contributed by atoms with E-state index in [0.717, 1.165) is 6.07 Å². The highest BCUT2D eigenvalue weighted by molar-refractivity contribution is 6.11. The van der Waals surface area contributed by atoms with E-state index < -0.39 is 28.9 Å². The number of carbonyl (C=O) groups is 2. The molecule has 1 N–H and O–H groups in total. The van der Waals surface area contributed by atoms with Gasteiger partial charge >= 0.3 is 0 Å². The Bertz CT molecular complexity index is 729. The standard InChI is InChI=1S/C15H11FN2O4/c16-13-4-2-1-3-12(13)14(19)9-15(20)17-10-5-7-11(8-6-10)18(21)22/h1-8H,9H2,(H,17,20). The smallest absolute Gasteiger partial charge is 0.269 e. The third-order valence-electron chi connectivity index (χ3n) is 2.86. The number of nitro groups is 1. The summed E-state index contributed by atoms with van der Waals surface area (Å²) in [6.45, 7) is 0. The van der Waals surface area contributed by atoms with Gasteiger partial charge in [0.05, 0.1) is 16.9 Å². The molecule has 0 saturated heterocycles. The fraction of sp³-hybridized carbons (Fsp3) is 0.0667. The molecule has 0 aromatic heterocycles. The van der Waals surface area contributed by atoms with Crippen LogP contribution in [0.1, 0.15) is 16.8 Å². The number of rotatable bonds is 5. The molecule has 2 aromatic carbocycles. The number of hydrogen-bond acceptors (Lipinski definition) is 4. The quantitative estimate of drug-likeness (QED) is 0.398. The van der Waals surface area contributed by atoms with E-state index in [-0.39, 0.29) is 11.3 Å². The summed E-state index contributed by atoms with van der Waals surface area (Å²) in [5.74, 6) is -1.95. The number of carbonyl (C=O) groups excluding carboxylic acids is 2. The van der Waals surface area contributed by atoms with E-state index in [1.807, 2.05) is 0 Å². The second-order valence-corrected chi connectivity index (χ2v) is 4.43. The lowest BCUT2D eigenvalue weighted by molar-refractivity contribution is -0.384. The van der Waals surface area contributed by atoms with Crippen LogP contribution in [0, 0.1) is 15.9 Å². The summed E-state index contributed by atoms with van der Waals surface area (Å²) in [4.78, 5) is 33.5. The van der Waals surface area contributed by atoms with Gasteiger partial charge in [0.15, 0.2) is 5.78 Å². The summed E-state index contributed by atoms with van der Waals surface area (Å²) in [5, 5.41) is 12.9. The lowest BCUT2D eigenvalue weighted by Crippen LogP contribution is -2.17. The zero-order valence-electron chi connectivity index (χ0n) is 11.3. The summed E-state index contributed by atoms with van der Waals surface area (Å²) >= 11 is 0. The number of non-ortho nitro benzene ring substituents is 1. The SMILES string of the molecule is O=C(CC(=O)c1ccccc1F)Nc1ccc([N+](=O)[O-])cc1. The van der Waals surface area contributed by atoms with Crippen LogP contribution in [0.15, 0.2) is 48.5 Å². The molecular formula is C15H11FN2O4. The molecule has 1 amide bonds. The van der Waals surface area contributed by atoms with Crippen molar-refractivity contribution in [2.45, 2.75) is 6.42 Å². The second-order valence-electron chi connectivity index (χ2n) is 4.43. The maximum absolute atomic E-state index is 13.4. The first-order valence-electron chi connectivity index (χ1n) is 6.29. The monoisotopic (exact) mass is 302 g/mol. The van der Waals surface area contributed by atoms with Gasteiger partial charge in [-0.25, -0.2) is 4.39 Å². The van der Waals surface area contributed by atoms with Crippen LogP contribution in [0.2, 0.25) is 0 Å². The van der Waals surface area contributed by atoms with Gasteiger partial charge in [0.1, 0.15) is 5.82 Å². The minimum absolute atomic E-state index is 0.111. The van der Waals surface area contributed by atoms with Gasteiger partial charge in [0.25, 0.3) is 5.69 Å². The zero-order chi connectivity index (χ0) is 16.1. The van der Waals surface area contributed by atoms with Crippen LogP contribution in [-0.2, 0) is 4.79 Å². The fourth-order valence-corrected chi connectivity index (χ4v) is 1.80. The molecular weight excluding hydrogens is 291 g/mol. The molecule has 0 aliphatic rings. The van der Waals surface area contributed by atoms with Crippen molar-refractivity contribution in [2.24, 2.45) is 0 Å². The maximum atomic E-state index is 13.4. The fourth-order valence-electron chi connectivity index (χ4n) is 1.80. The Morgan fingerprint density at radius 1 is 1.09 bits per heavy atom. The van der Waals surface area contributed by atoms with Gasteiger partial charge in [-0.05, 0) is 24.3 Å². The molecule has 22 heavy (non-hydrogen) atoms. The molecule has 2 rings (SSSR count). The Kier molecular flexibility index (Phi) is 4.57. The lowest BCUT2D eigenvalue weighted by Gasteiger charge is -2.05. The van der Waals surface area contributed by atoms with Gasteiger partial charge in [-0.1, -0.05) is 12.1 Å². The summed E-state index contributed by atoms with van der Waals surface area (Å²) in [5.41, 5.74) is 0.0544. The predicted molar refractivity (Wildman–Crippen MR) is 77.1 cm³/mol. The Labute approximate surface area is 124 Å². The van der Waals surface area contributed by atoms with Crippen molar-refractivity contribution in [2.75, 3.05) is 5.32 Å². The van der Waals surface area contributed by atoms with Crippen molar-refractivity contribution >= 4 is 23.1 Å². The van der Waals surface area contributed by atoms with E-state index in [9.17, 15) is 24.1 Å². The van der Waals surface area contributed by atoms with E-state index in [1.54, 1.807) is 0 Å². The van der Waals surface area contributed by atoms with Crippen molar-refractivity contribution in [3.8, 4) is 0 Å². The van der Waals surface area contributed by atoms with Gasteiger partial charge in [0.2, 0.25) is 5.91 Å². The average Bonchev–Trinajstić information content (AvgIpc) is 2.48. The molecule has 0 fully saturated rings. The molecule has 0 atom stereocenters. The number of halogens is 1. The number of hydrogen-bond donors (Lipinski definition) is 1. The molecule has 0 bridgehead atoms. The van der Waals surface area contributed by atoms with E-state index in [1.165, 1.54) is 42.5 Å². The van der Waals surface area contributed by atoms with Gasteiger partial charge in [-0.3, -0.25) is 19.7 Å². The average molecular weight is 302 g/mol. The third-order valence-corrected chi connectivity index (χ3v) is 2.86. The van der Waals surface area contributed by atoms with Crippen LogP contribution in [0.25, 0.3) is 0 Å². The van der Waals surface area contributed by atoms with Crippen molar-refractivity contribution in [3.63, 3.8) is 0 Å². The van der Waals surface area contributed by atoms with Gasteiger partial charge in [-0.15, -0.1) is 0 Å². The molecule has 0 aliphatic heterocycles. The topological polar surface area (TPSA) is 89.3 Å². The number of ketones is 1. The number of Topliss-reactive ketones (excluding diaryl/α,β-unsaturated/α-hetero) is 1. The Hall–Kier alpha value is -3.09. The van der Waals surface area contributed by atoms with E-state index in [2.05, 4.69) is 5.32 Å². The largest absolute Gasteiger partial charge is 0.326 e. The van der Waals surface area contributed by atoms with E-state index in [4.69, 9.17) is 0 Å². The van der Waals surface area contributed by atoms with Crippen LogP contribution < -0.4 is 5.32 Å². The highest BCUT2D eigenvalue weighted by Crippen LogP contribution is 2.16. The van der Waals surface area contributed by atoms with Crippen LogP contribution in [-0.4, -0.2) is 16.6 Å². The maximum Gasteiger partial charge on any atom is 0.269 e. The highest BCUT2D eigenvalue weighted by Gasteiger charge is 2.15. The van der Waals surface area contributed by atoms with Crippen LogP contribution in [0.5, 0.6) is 0 Å². The Balaban J connectivity index is 1.99. The summed E-state index contributed by atoms with van der Waals surface area (Å²) in [7, 11) is 0. The minimum atomic E-state index is -0.685. The Morgan fingerprint density at radius 3 is 2.32 bits per heavy atom. The van der Waals surface area contributed by atoms with Crippen LogP contribution in [0.4, 0.5) is 15.8 Å². The number of anilines is 1. The third kappa shape index (κ3) is 3.72. The molecule has 6 nitrogen and oxygen atoms in total. The number of nitrogens with zero attached hydrogens (tertiary/aromatic N) is 1. The lowest BCUT2D eigenvalue weighted by atomic mass is 10.1. The summed E-state index contributed by atoms with van der Waals surface area (Å²) in [6.07, 6.45) is -0.516. The van der Waals surface area contributed by atoms with Crippen LogP contribution >= 0.6 is 0 Å². The molecule has 2 aromatic rings. The number of nitrogens with one attached hydrogen (secondary N) is 1. The molecule has 0 spiro atoms.